The first-order valence-electron chi connectivity index (χ1n) is 14.1. The van der Waals surface area contributed by atoms with E-state index < -0.39 is 26.1 Å². The maximum absolute atomic E-state index is 13.3. The lowest BCUT2D eigenvalue weighted by atomic mass is 10.00. The summed E-state index contributed by atoms with van der Waals surface area (Å²) < 4.78 is 79.0. The number of nitrogens with one attached hydrogen (secondary N) is 1. The molecule has 0 radical (unpaired) electrons. The Kier molecular flexibility index (Phi) is 7.67. The molecule has 2 aliphatic rings. The van der Waals surface area contributed by atoms with Crippen molar-refractivity contribution in [2.45, 2.75) is 31.2 Å². The summed E-state index contributed by atoms with van der Waals surface area (Å²) in [6.45, 7) is 0.274. The molecule has 1 unspecified atom stereocenters. The normalized spacial score (nSPS) is 17.6. The second-order valence-electron chi connectivity index (χ2n) is 11.3. The lowest BCUT2D eigenvalue weighted by Gasteiger charge is -2.30. The Bertz CT molecular complexity index is 1950. The van der Waals surface area contributed by atoms with Gasteiger partial charge in [0.15, 0.2) is 0 Å². The SMILES string of the molecule is CNC(=O)c1c(-c2ccc(Oc3ccc(F)cc3)cc2)oc2cc(N(C3CCN(S(C)(=O)=O)C3)S(C)(=O)=O)c(C3CC3)cc12. The van der Waals surface area contributed by atoms with Crippen molar-refractivity contribution in [1.82, 2.24) is 9.62 Å². The van der Waals surface area contributed by atoms with Crippen LogP contribution in [-0.4, -0.2) is 65.7 Å². The Morgan fingerprint density at radius 3 is 2.16 bits per heavy atom. The summed E-state index contributed by atoms with van der Waals surface area (Å²) in [5.74, 6) is 0.642. The molecule has 0 bridgehead atoms. The van der Waals surface area contributed by atoms with Crippen molar-refractivity contribution in [1.29, 1.82) is 0 Å². The number of hydrogen-bond donors (Lipinski definition) is 1. The Hall–Kier alpha value is -3.94. The third-order valence-corrected chi connectivity index (χ3v) is 10.5. The molecule has 1 saturated carbocycles. The number of carbonyl (C=O) groups is 1. The lowest BCUT2D eigenvalue weighted by Crippen LogP contribution is -2.42. The summed E-state index contributed by atoms with van der Waals surface area (Å²) in [4.78, 5) is 13.2. The van der Waals surface area contributed by atoms with E-state index in [0.717, 1.165) is 30.9 Å². The molecule has 232 valence electrons. The number of sulfonamides is 2. The summed E-state index contributed by atoms with van der Waals surface area (Å²) in [6.07, 6.45) is 4.32. The van der Waals surface area contributed by atoms with Gasteiger partial charge in [-0.05, 0) is 85.3 Å². The van der Waals surface area contributed by atoms with Crippen LogP contribution in [0.3, 0.4) is 0 Å². The molecule has 44 heavy (non-hydrogen) atoms. The van der Waals surface area contributed by atoms with Crippen LogP contribution in [0.25, 0.3) is 22.3 Å². The van der Waals surface area contributed by atoms with Gasteiger partial charge < -0.3 is 14.5 Å². The van der Waals surface area contributed by atoms with E-state index in [1.807, 2.05) is 6.07 Å². The molecule has 13 heteroatoms. The zero-order valence-electron chi connectivity index (χ0n) is 24.4. The number of benzene rings is 3. The molecule has 1 amide bonds. The van der Waals surface area contributed by atoms with Crippen LogP contribution in [0.4, 0.5) is 10.1 Å². The highest BCUT2D eigenvalue weighted by atomic mass is 32.2. The maximum Gasteiger partial charge on any atom is 0.255 e. The van der Waals surface area contributed by atoms with E-state index in [1.54, 1.807) is 30.3 Å². The van der Waals surface area contributed by atoms with Gasteiger partial charge in [-0.2, -0.15) is 4.31 Å². The van der Waals surface area contributed by atoms with Crippen LogP contribution in [0.5, 0.6) is 11.5 Å². The number of fused-ring (bicyclic) bond motifs is 1. The van der Waals surface area contributed by atoms with Gasteiger partial charge in [-0.15, -0.1) is 0 Å². The number of amides is 1. The summed E-state index contributed by atoms with van der Waals surface area (Å²) in [6, 6.07) is 15.5. The number of rotatable bonds is 9. The van der Waals surface area contributed by atoms with Crippen molar-refractivity contribution in [3.05, 3.63) is 77.6 Å². The average molecular weight is 642 g/mol. The number of ether oxygens (including phenoxy) is 1. The number of nitrogens with zero attached hydrogens (tertiary/aromatic N) is 2. The van der Waals surface area contributed by atoms with Crippen molar-refractivity contribution < 1.29 is 35.2 Å². The highest BCUT2D eigenvalue weighted by Crippen LogP contribution is 2.49. The maximum atomic E-state index is 13.3. The zero-order chi connectivity index (χ0) is 31.4. The molecule has 10 nitrogen and oxygen atoms in total. The van der Waals surface area contributed by atoms with Crippen LogP contribution in [0.1, 0.15) is 41.1 Å². The predicted octanol–water partition coefficient (Wildman–Crippen LogP) is 5.07. The van der Waals surface area contributed by atoms with E-state index in [2.05, 4.69) is 5.32 Å². The smallest absolute Gasteiger partial charge is 0.255 e. The van der Waals surface area contributed by atoms with Crippen molar-refractivity contribution >= 4 is 42.6 Å². The first kappa shape index (κ1) is 30.1. The minimum Gasteiger partial charge on any atom is -0.457 e. The number of hydrogen-bond acceptors (Lipinski definition) is 7. The van der Waals surface area contributed by atoms with Crippen molar-refractivity contribution in [3.63, 3.8) is 0 Å². The number of furan rings is 1. The highest BCUT2D eigenvalue weighted by Gasteiger charge is 2.40. The third kappa shape index (κ3) is 5.91. The molecule has 1 saturated heterocycles. The van der Waals surface area contributed by atoms with Gasteiger partial charge in [-0.1, -0.05) is 0 Å². The Balaban J connectivity index is 1.44. The fraction of sp³-hybridized carbons (Fsp3) is 0.323. The Labute approximate surface area is 255 Å². The number of halogens is 1. The third-order valence-electron chi connectivity index (χ3n) is 8.00. The molecular formula is C31H32FN3O7S2. The first-order chi connectivity index (χ1) is 20.8. The van der Waals surface area contributed by atoms with Crippen LogP contribution in [0.2, 0.25) is 0 Å². The van der Waals surface area contributed by atoms with E-state index in [9.17, 15) is 26.0 Å². The molecule has 0 spiro atoms. The molecule has 2 fully saturated rings. The van der Waals surface area contributed by atoms with Gasteiger partial charge in [0.1, 0.15) is 28.7 Å². The predicted molar refractivity (Wildman–Crippen MR) is 166 cm³/mol. The summed E-state index contributed by atoms with van der Waals surface area (Å²) in [5.41, 5.74) is 2.46. The average Bonchev–Trinajstić information content (AvgIpc) is 3.57. The van der Waals surface area contributed by atoms with E-state index >= 15 is 0 Å². The zero-order valence-corrected chi connectivity index (χ0v) is 26.0. The monoisotopic (exact) mass is 641 g/mol. The van der Waals surface area contributed by atoms with Crippen LogP contribution < -0.4 is 14.4 Å². The highest BCUT2D eigenvalue weighted by molar-refractivity contribution is 7.92. The lowest BCUT2D eigenvalue weighted by molar-refractivity contribution is 0.0964. The van der Waals surface area contributed by atoms with Crippen LogP contribution >= 0.6 is 0 Å². The fourth-order valence-corrected chi connectivity index (χ4v) is 7.89. The van der Waals surface area contributed by atoms with Crippen LogP contribution in [0.15, 0.2) is 65.1 Å². The van der Waals surface area contributed by atoms with E-state index in [4.69, 9.17) is 9.15 Å². The van der Waals surface area contributed by atoms with Crippen molar-refractivity contribution in [3.8, 4) is 22.8 Å². The Morgan fingerprint density at radius 1 is 0.977 bits per heavy atom. The number of anilines is 1. The minimum absolute atomic E-state index is 0.0489. The second kappa shape index (κ2) is 11.2. The van der Waals surface area contributed by atoms with E-state index in [1.165, 1.54) is 39.9 Å². The minimum atomic E-state index is -3.82. The van der Waals surface area contributed by atoms with Gasteiger partial charge in [-0.3, -0.25) is 9.10 Å². The van der Waals surface area contributed by atoms with Crippen LogP contribution in [0, 0.1) is 5.82 Å². The largest absolute Gasteiger partial charge is 0.457 e. The number of carbonyl (C=O) groups excluding carboxylic acids is 1. The fourth-order valence-electron chi connectivity index (χ4n) is 5.78. The molecule has 4 aromatic rings. The van der Waals surface area contributed by atoms with Crippen LogP contribution in [-0.2, 0) is 20.0 Å². The molecule has 1 N–H and O–H groups in total. The molecule has 3 aromatic carbocycles. The second-order valence-corrected chi connectivity index (χ2v) is 15.1. The summed E-state index contributed by atoms with van der Waals surface area (Å²) in [7, 11) is -5.78. The molecule has 6 rings (SSSR count). The standard InChI is InChI=1S/C31H32FN3O7S2/c1-33-31(36)29-26-16-25(19-4-5-19)27(35(44(3,39)40)22-14-15-34(18-22)43(2,37)38)17-28(26)42-30(29)20-6-10-23(11-7-20)41-24-12-8-21(32)9-13-24/h6-13,16-17,19,22H,4-5,14-15,18H2,1-3H3,(H,33,36). The van der Waals surface area contributed by atoms with Gasteiger partial charge in [0.2, 0.25) is 20.0 Å². The van der Waals surface area contributed by atoms with Gasteiger partial charge in [0, 0.05) is 37.2 Å². The molecule has 1 aromatic heterocycles. The molecule has 1 aliphatic heterocycles. The molecule has 1 atom stereocenters. The van der Waals surface area contributed by atoms with Gasteiger partial charge in [0.05, 0.1) is 29.8 Å². The Morgan fingerprint density at radius 2 is 1.61 bits per heavy atom. The van der Waals surface area contributed by atoms with Crippen molar-refractivity contribution in [2.24, 2.45) is 0 Å². The first-order valence-corrected chi connectivity index (χ1v) is 17.8. The van der Waals surface area contributed by atoms with Gasteiger partial charge >= 0.3 is 0 Å². The van der Waals surface area contributed by atoms with Crippen molar-refractivity contribution in [2.75, 3.05) is 37.0 Å². The van der Waals surface area contributed by atoms with E-state index in [0.29, 0.717) is 51.5 Å². The van der Waals surface area contributed by atoms with E-state index in [-0.39, 0.29) is 30.7 Å². The van der Waals surface area contributed by atoms with Gasteiger partial charge in [-0.25, -0.2) is 21.2 Å². The molecular weight excluding hydrogens is 609 g/mol. The van der Waals surface area contributed by atoms with Gasteiger partial charge in [0.25, 0.3) is 5.91 Å². The molecule has 1 aliphatic carbocycles. The molecule has 2 heterocycles. The summed E-state index contributed by atoms with van der Waals surface area (Å²) in [5, 5.41) is 3.24. The quantitative estimate of drug-likeness (QED) is 0.271. The summed E-state index contributed by atoms with van der Waals surface area (Å²) >= 11 is 0. The topological polar surface area (TPSA) is 126 Å².